The maximum absolute atomic E-state index is 13.1. The van der Waals surface area contributed by atoms with E-state index in [9.17, 15) is 9.59 Å². The van der Waals surface area contributed by atoms with E-state index in [1.165, 1.54) is 6.92 Å². The van der Waals surface area contributed by atoms with Gasteiger partial charge in [0.05, 0.1) is 6.04 Å². The van der Waals surface area contributed by atoms with Gasteiger partial charge in [-0.3, -0.25) is 9.59 Å². The Balaban J connectivity index is 1.85. The summed E-state index contributed by atoms with van der Waals surface area (Å²) in [6.45, 7) is 1.31. The fourth-order valence-corrected chi connectivity index (χ4v) is 3.10. The summed E-state index contributed by atoms with van der Waals surface area (Å²) in [5.74, 6) is -0.838. The average Bonchev–Trinajstić information content (AvgIpc) is 2.73. The monoisotopic (exact) mass is 373 g/mol. The standard InChI is InChI=1S/C24H23NO3/c1-18(26)28-23(21-15-9-4-10-16-21)24(27)25-22(20-13-7-3-8-14-20)17-19-11-5-2-6-12-19/h2-16,22-23H,17H2,1H3,(H,25,27)/t22-,23+/m1/s1. The Morgan fingerprint density at radius 1 is 0.786 bits per heavy atom. The lowest BCUT2D eigenvalue weighted by atomic mass is 9.98. The minimum absolute atomic E-state index is 0.238. The van der Waals surface area contributed by atoms with Crippen LogP contribution in [0.5, 0.6) is 0 Å². The first kappa shape index (κ1) is 19.4. The lowest BCUT2D eigenvalue weighted by Gasteiger charge is -2.23. The minimum atomic E-state index is -0.985. The van der Waals surface area contributed by atoms with Crippen LogP contribution in [-0.4, -0.2) is 11.9 Å². The van der Waals surface area contributed by atoms with Gasteiger partial charge in [-0.15, -0.1) is 0 Å². The van der Waals surface area contributed by atoms with Gasteiger partial charge in [-0.05, 0) is 17.5 Å². The molecule has 3 aromatic rings. The fraction of sp³-hybridized carbons (Fsp3) is 0.167. The molecule has 4 nitrogen and oxygen atoms in total. The van der Waals surface area contributed by atoms with Gasteiger partial charge in [0.2, 0.25) is 6.10 Å². The first-order valence-corrected chi connectivity index (χ1v) is 9.25. The second kappa shape index (κ2) is 9.51. The number of nitrogens with one attached hydrogen (secondary N) is 1. The number of esters is 1. The van der Waals surface area contributed by atoms with Crippen molar-refractivity contribution in [1.82, 2.24) is 5.32 Å². The van der Waals surface area contributed by atoms with Crippen LogP contribution < -0.4 is 5.32 Å². The van der Waals surface area contributed by atoms with Crippen LogP contribution in [0.15, 0.2) is 91.0 Å². The summed E-state index contributed by atoms with van der Waals surface area (Å²) in [5, 5.41) is 3.07. The lowest BCUT2D eigenvalue weighted by molar-refractivity contribution is -0.154. The van der Waals surface area contributed by atoms with E-state index in [0.717, 1.165) is 11.1 Å². The molecule has 0 radical (unpaired) electrons. The van der Waals surface area contributed by atoms with Crippen LogP contribution in [0.4, 0.5) is 0 Å². The Kier molecular flexibility index (Phi) is 6.58. The van der Waals surface area contributed by atoms with E-state index in [4.69, 9.17) is 4.74 Å². The predicted molar refractivity (Wildman–Crippen MR) is 108 cm³/mol. The van der Waals surface area contributed by atoms with Gasteiger partial charge in [0.1, 0.15) is 0 Å². The van der Waals surface area contributed by atoms with E-state index in [-0.39, 0.29) is 11.9 Å². The molecule has 142 valence electrons. The first-order chi connectivity index (χ1) is 13.6. The Morgan fingerprint density at radius 2 is 1.29 bits per heavy atom. The summed E-state index contributed by atoms with van der Waals surface area (Å²) in [5.41, 5.74) is 2.75. The molecular weight excluding hydrogens is 350 g/mol. The van der Waals surface area contributed by atoms with Gasteiger partial charge in [0, 0.05) is 12.5 Å². The Morgan fingerprint density at radius 3 is 1.82 bits per heavy atom. The van der Waals surface area contributed by atoms with Crippen LogP contribution >= 0.6 is 0 Å². The molecule has 2 atom stereocenters. The number of amides is 1. The van der Waals surface area contributed by atoms with Crippen molar-refractivity contribution < 1.29 is 14.3 Å². The van der Waals surface area contributed by atoms with Crippen LogP contribution in [0.1, 0.15) is 35.8 Å². The van der Waals surface area contributed by atoms with Crippen molar-refractivity contribution >= 4 is 11.9 Å². The van der Waals surface area contributed by atoms with Crippen LogP contribution in [0.2, 0.25) is 0 Å². The summed E-state index contributed by atoms with van der Waals surface area (Å²) < 4.78 is 5.33. The van der Waals surface area contributed by atoms with Crippen molar-refractivity contribution in [3.8, 4) is 0 Å². The summed E-state index contributed by atoms with van der Waals surface area (Å²) in [6.07, 6.45) is -0.348. The van der Waals surface area contributed by atoms with Crippen molar-refractivity contribution in [1.29, 1.82) is 0 Å². The van der Waals surface area contributed by atoms with Crippen molar-refractivity contribution in [2.24, 2.45) is 0 Å². The highest BCUT2D eigenvalue weighted by Crippen LogP contribution is 2.23. The second-order valence-electron chi connectivity index (χ2n) is 6.56. The zero-order valence-electron chi connectivity index (χ0n) is 15.7. The average molecular weight is 373 g/mol. The summed E-state index contributed by atoms with van der Waals surface area (Å²) in [7, 11) is 0. The van der Waals surface area contributed by atoms with Crippen LogP contribution in [0, 0.1) is 0 Å². The molecule has 0 heterocycles. The smallest absolute Gasteiger partial charge is 0.303 e. The molecule has 0 aliphatic rings. The molecule has 0 bridgehead atoms. The molecule has 3 rings (SSSR count). The second-order valence-corrected chi connectivity index (χ2v) is 6.56. The van der Waals surface area contributed by atoms with Crippen LogP contribution in [0.3, 0.4) is 0 Å². The van der Waals surface area contributed by atoms with Gasteiger partial charge in [0.25, 0.3) is 5.91 Å². The largest absolute Gasteiger partial charge is 0.447 e. The molecule has 3 aromatic carbocycles. The predicted octanol–water partition coefficient (Wildman–Crippen LogP) is 4.39. The molecule has 0 unspecified atom stereocenters. The van der Waals surface area contributed by atoms with E-state index in [2.05, 4.69) is 5.32 Å². The van der Waals surface area contributed by atoms with Gasteiger partial charge >= 0.3 is 5.97 Å². The van der Waals surface area contributed by atoms with Crippen molar-refractivity contribution in [3.63, 3.8) is 0 Å². The van der Waals surface area contributed by atoms with Crippen LogP contribution in [-0.2, 0) is 20.7 Å². The SMILES string of the molecule is CC(=O)O[C@H](C(=O)N[C@H](Cc1ccccc1)c1ccccc1)c1ccccc1. The maximum atomic E-state index is 13.1. The molecule has 0 fully saturated rings. The minimum Gasteiger partial charge on any atom is -0.447 e. The number of benzene rings is 3. The first-order valence-electron chi connectivity index (χ1n) is 9.25. The van der Waals surface area contributed by atoms with Gasteiger partial charge in [0.15, 0.2) is 0 Å². The van der Waals surface area contributed by atoms with Gasteiger partial charge < -0.3 is 10.1 Å². The third-order valence-electron chi connectivity index (χ3n) is 4.43. The number of hydrogen-bond donors (Lipinski definition) is 1. The molecular formula is C24H23NO3. The highest BCUT2D eigenvalue weighted by atomic mass is 16.5. The van der Waals surface area contributed by atoms with Crippen molar-refractivity contribution in [2.45, 2.75) is 25.5 Å². The van der Waals surface area contributed by atoms with E-state index >= 15 is 0 Å². The molecule has 0 aromatic heterocycles. The molecule has 0 saturated heterocycles. The summed E-state index contributed by atoms with van der Waals surface area (Å²) in [6, 6.07) is 28.6. The lowest BCUT2D eigenvalue weighted by Crippen LogP contribution is -2.35. The normalized spacial score (nSPS) is 12.6. The zero-order chi connectivity index (χ0) is 19.8. The highest BCUT2D eigenvalue weighted by Gasteiger charge is 2.26. The number of hydrogen-bond acceptors (Lipinski definition) is 3. The molecule has 0 aliphatic carbocycles. The summed E-state index contributed by atoms with van der Waals surface area (Å²) in [4.78, 5) is 24.6. The topological polar surface area (TPSA) is 55.4 Å². The molecule has 0 aliphatic heterocycles. The van der Waals surface area contributed by atoms with Gasteiger partial charge in [-0.25, -0.2) is 0 Å². The number of carbonyl (C=O) groups is 2. The molecule has 0 saturated carbocycles. The Hall–Kier alpha value is -3.40. The molecule has 4 heteroatoms. The molecule has 1 N–H and O–H groups in total. The summed E-state index contributed by atoms with van der Waals surface area (Å²) >= 11 is 0. The zero-order valence-corrected chi connectivity index (χ0v) is 15.7. The quantitative estimate of drug-likeness (QED) is 0.625. The Labute approximate surface area is 165 Å². The third-order valence-corrected chi connectivity index (χ3v) is 4.43. The van der Waals surface area contributed by atoms with Crippen molar-refractivity contribution in [2.75, 3.05) is 0 Å². The van der Waals surface area contributed by atoms with Crippen molar-refractivity contribution in [3.05, 3.63) is 108 Å². The van der Waals surface area contributed by atoms with Crippen LogP contribution in [0.25, 0.3) is 0 Å². The number of rotatable bonds is 7. The molecule has 0 spiro atoms. The van der Waals surface area contributed by atoms with E-state index in [0.29, 0.717) is 12.0 Å². The third kappa shape index (κ3) is 5.30. The fourth-order valence-electron chi connectivity index (χ4n) is 3.10. The van der Waals surface area contributed by atoms with E-state index in [1.807, 2.05) is 78.9 Å². The van der Waals surface area contributed by atoms with Gasteiger partial charge in [-0.1, -0.05) is 91.0 Å². The Bertz CT molecular complexity index is 895. The van der Waals surface area contributed by atoms with E-state index in [1.54, 1.807) is 12.1 Å². The van der Waals surface area contributed by atoms with E-state index < -0.39 is 12.1 Å². The maximum Gasteiger partial charge on any atom is 0.303 e. The number of ether oxygens (including phenoxy) is 1. The highest BCUT2D eigenvalue weighted by molar-refractivity contribution is 5.85. The van der Waals surface area contributed by atoms with Gasteiger partial charge in [-0.2, -0.15) is 0 Å². The molecule has 1 amide bonds. The molecule has 28 heavy (non-hydrogen) atoms. The number of carbonyl (C=O) groups excluding carboxylic acids is 2.